The number of hydrogen-bond acceptors (Lipinski definition) is 2. The van der Waals surface area contributed by atoms with Crippen molar-refractivity contribution in [3.05, 3.63) is 83.0 Å². The lowest BCUT2D eigenvalue weighted by Crippen LogP contribution is -2.09. The van der Waals surface area contributed by atoms with Crippen LogP contribution in [0.5, 0.6) is 0 Å². The van der Waals surface area contributed by atoms with Gasteiger partial charge in [-0.25, -0.2) is 0 Å². The van der Waals surface area contributed by atoms with Crippen molar-refractivity contribution in [3.8, 4) is 11.3 Å². The van der Waals surface area contributed by atoms with E-state index in [4.69, 9.17) is 0 Å². The first-order chi connectivity index (χ1) is 13.8. The molecule has 1 heterocycles. The van der Waals surface area contributed by atoms with Gasteiger partial charge in [-0.1, -0.05) is 48.5 Å². The van der Waals surface area contributed by atoms with Crippen LogP contribution in [0.25, 0.3) is 11.3 Å². The Morgan fingerprint density at radius 3 is 2.41 bits per heavy atom. The summed E-state index contributed by atoms with van der Waals surface area (Å²) in [7, 11) is 0. The Morgan fingerprint density at radius 1 is 1.03 bits per heavy atom. The van der Waals surface area contributed by atoms with Gasteiger partial charge < -0.3 is 9.67 Å². The van der Waals surface area contributed by atoms with E-state index in [1.165, 1.54) is 12.1 Å². The molecule has 0 aliphatic heterocycles. The third kappa shape index (κ3) is 4.77. The molecule has 29 heavy (non-hydrogen) atoms. The zero-order chi connectivity index (χ0) is 21.0. The topological polar surface area (TPSA) is 42.2 Å². The molecule has 0 bridgehead atoms. The highest BCUT2D eigenvalue weighted by atomic mass is 19.4. The lowest BCUT2D eigenvalue weighted by Gasteiger charge is -2.11. The fourth-order valence-electron chi connectivity index (χ4n) is 3.43. The van der Waals surface area contributed by atoms with Crippen LogP contribution in [0.15, 0.2) is 60.7 Å². The Morgan fingerprint density at radius 2 is 1.76 bits per heavy atom. The summed E-state index contributed by atoms with van der Waals surface area (Å²) < 4.78 is 40.8. The van der Waals surface area contributed by atoms with E-state index in [1.807, 2.05) is 41.8 Å². The van der Waals surface area contributed by atoms with Crippen LogP contribution < -0.4 is 0 Å². The minimum Gasteiger partial charge on any atom is -0.396 e. The number of carbonyl (C=O) groups is 1. The number of halogens is 3. The van der Waals surface area contributed by atoms with E-state index in [-0.39, 0.29) is 18.8 Å². The summed E-state index contributed by atoms with van der Waals surface area (Å²) in [4.78, 5) is 12.9. The summed E-state index contributed by atoms with van der Waals surface area (Å²) in [6.45, 7) is 2.39. The molecule has 0 amide bonds. The summed E-state index contributed by atoms with van der Waals surface area (Å²) in [6.07, 6.45) is -4.01. The van der Waals surface area contributed by atoms with Gasteiger partial charge in [-0.05, 0) is 36.6 Å². The van der Waals surface area contributed by atoms with Gasteiger partial charge in [-0.3, -0.25) is 4.79 Å². The summed E-state index contributed by atoms with van der Waals surface area (Å²) in [5.41, 5.74) is 2.59. The van der Waals surface area contributed by atoms with Crippen LogP contribution in [0.4, 0.5) is 13.2 Å². The van der Waals surface area contributed by atoms with Crippen LogP contribution in [0.3, 0.4) is 0 Å². The van der Waals surface area contributed by atoms with Crippen LogP contribution in [0.1, 0.15) is 33.6 Å². The molecule has 0 aliphatic carbocycles. The third-order valence-corrected chi connectivity index (χ3v) is 4.90. The summed E-state index contributed by atoms with van der Waals surface area (Å²) in [5, 5.41) is 9.21. The molecule has 3 aromatic rings. The van der Waals surface area contributed by atoms with Crippen molar-refractivity contribution in [2.75, 3.05) is 6.61 Å². The number of aromatic nitrogens is 1. The Balaban J connectivity index is 1.94. The van der Waals surface area contributed by atoms with Crippen molar-refractivity contribution >= 4 is 5.78 Å². The van der Waals surface area contributed by atoms with Gasteiger partial charge in [-0.2, -0.15) is 13.2 Å². The van der Waals surface area contributed by atoms with E-state index in [0.29, 0.717) is 24.1 Å². The highest BCUT2D eigenvalue weighted by Crippen LogP contribution is 2.31. The summed E-state index contributed by atoms with van der Waals surface area (Å²) in [5.74, 6) is -0.234. The average molecular weight is 401 g/mol. The number of alkyl halides is 3. The molecule has 1 aromatic heterocycles. The van der Waals surface area contributed by atoms with Crippen LogP contribution in [-0.4, -0.2) is 22.1 Å². The van der Waals surface area contributed by atoms with Crippen molar-refractivity contribution in [1.82, 2.24) is 4.57 Å². The van der Waals surface area contributed by atoms with Crippen molar-refractivity contribution in [1.29, 1.82) is 0 Å². The van der Waals surface area contributed by atoms with Crippen LogP contribution >= 0.6 is 0 Å². The Bertz CT molecular complexity index is 991. The molecule has 2 aromatic carbocycles. The third-order valence-electron chi connectivity index (χ3n) is 4.90. The zero-order valence-electron chi connectivity index (χ0n) is 16.0. The molecule has 0 unspecified atom stereocenters. The second-order valence-corrected chi connectivity index (χ2v) is 6.92. The Kier molecular flexibility index (Phi) is 6.23. The molecule has 0 atom stereocenters. The van der Waals surface area contributed by atoms with Crippen molar-refractivity contribution < 1.29 is 23.1 Å². The number of rotatable bonds is 7. The number of hydrogen-bond donors (Lipinski definition) is 1. The maximum Gasteiger partial charge on any atom is 0.416 e. The first-order valence-electron chi connectivity index (χ1n) is 9.37. The number of Topliss-reactive ketones (excluding diaryl/α,β-unsaturated/α-hetero) is 1. The number of ketones is 1. The normalized spacial score (nSPS) is 11.6. The molecule has 3 nitrogen and oxygen atoms in total. The van der Waals surface area contributed by atoms with E-state index < -0.39 is 11.7 Å². The maximum atomic E-state index is 12.9. The molecule has 6 heteroatoms. The molecular weight excluding hydrogens is 379 g/mol. The van der Waals surface area contributed by atoms with E-state index in [0.717, 1.165) is 29.1 Å². The first-order valence-corrected chi connectivity index (χ1v) is 9.37. The van der Waals surface area contributed by atoms with Gasteiger partial charge in [0.1, 0.15) is 0 Å². The molecule has 152 valence electrons. The van der Waals surface area contributed by atoms with Gasteiger partial charge >= 0.3 is 6.18 Å². The number of nitrogens with zero attached hydrogens (tertiary/aromatic N) is 1. The molecular formula is C23H22F3NO2. The van der Waals surface area contributed by atoms with Gasteiger partial charge in [0.25, 0.3) is 0 Å². The number of aliphatic hydroxyl groups is 1. The van der Waals surface area contributed by atoms with E-state index in [1.54, 1.807) is 6.07 Å². The fraction of sp³-hybridized carbons (Fsp3) is 0.261. The van der Waals surface area contributed by atoms with E-state index in [2.05, 4.69) is 0 Å². The molecule has 0 saturated heterocycles. The number of carbonyl (C=O) groups excluding carboxylic acids is 1. The average Bonchev–Trinajstić information content (AvgIpc) is 3.03. The Labute approximate surface area is 167 Å². The standard InChI is InChI=1S/C23H22F3NO2/c1-16-20(22(29)14-17-7-5-10-19(13-17)23(24,25)26)15-21(27(16)11-6-12-28)18-8-3-2-4-9-18/h2-5,7-10,13,15,28H,6,11-12,14H2,1H3. The van der Waals surface area contributed by atoms with Gasteiger partial charge in [0.15, 0.2) is 5.78 Å². The monoisotopic (exact) mass is 401 g/mol. The maximum absolute atomic E-state index is 12.9. The quantitative estimate of drug-likeness (QED) is 0.547. The molecule has 0 spiro atoms. The predicted molar refractivity (Wildman–Crippen MR) is 106 cm³/mol. The van der Waals surface area contributed by atoms with Gasteiger partial charge in [0.05, 0.1) is 5.56 Å². The molecule has 0 saturated carbocycles. The molecule has 3 rings (SSSR count). The molecule has 0 radical (unpaired) electrons. The van der Waals surface area contributed by atoms with Crippen LogP contribution in [-0.2, 0) is 19.1 Å². The minimum absolute atomic E-state index is 0.0271. The van der Waals surface area contributed by atoms with Crippen molar-refractivity contribution in [3.63, 3.8) is 0 Å². The van der Waals surface area contributed by atoms with Gasteiger partial charge in [0.2, 0.25) is 0 Å². The smallest absolute Gasteiger partial charge is 0.396 e. The Hall–Kier alpha value is -2.86. The highest BCUT2D eigenvalue weighted by Gasteiger charge is 2.30. The van der Waals surface area contributed by atoms with Crippen LogP contribution in [0, 0.1) is 6.92 Å². The first kappa shape index (κ1) is 20.9. The van der Waals surface area contributed by atoms with E-state index in [9.17, 15) is 23.1 Å². The molecule has 0 fully saturated rings. The van der Waals surface area contributed by atoms with Gasteiger partial charge in [-0.15, -0.1) is 0 Å². The predicted octanol–water partition coefficient (Wildman–Crippen LogP) is 5.29. The van der Waals surface area contributed by atoms with E-state index >= 15 is 0 Å². The molecule has 0 aliphatic rings. The second-order valence-electron chi connectivity index (χ2n) is 6.92. The SMILES string of the molecule is Cc1c(C(=O)Cc2cccc(C(F)(F)F)c2)cc(-c2ccccc2)n1CCCO. The molecule has 1 N–H and O–H groups in total. The lowest BCUT2D eigenvalue weighted by molar-refractivity contribution is -0.137. The second kappa shape index (κ2) is 8.66. The number of benzene rings is 2. The van der Waals surface area contributed by atoms with Crippen molar-refractivity contribution in [2.24, 2.45) is 0 Å². The zero-order valence-corrected chi connectivity index (χ0v) is 16.0. The minimum atomic E-state index is -4.44. The highest BCUT2D eigenvalue weighted by molar-refractivity contribution is 6.00. The van der Waals surface area contributed by atoms with Crippen LogP contribution in [0.2, 0.25) is 0 Å². The summed E-state index contributed by atoms with van der Waals surface area (Å²) >= 11 is 0. The largest absolute Gasteiger partial charge is 0.416 e. The van der Waals surface area contributed by atoms with Crippen molar-refractivity contribution in [2.45, 2.75) is 32.5 Å². The lowest BCUT2D eigenvalue weighted by atomic mass is 10.0. The number of aliphatic hydroxyl groups excluding tert-OH is 1. The van der Waals surface area contributed by atoms with Gasteiger partial charge in [0, 0.05) is 36.5 Å². The summed E-state index contributed by atoms with van der Waals surface area (Å²) in [6, 6.07) is 16.2. The fourth-order valence-corrected chi connectivity index (χ4v) is 3.43.